The molecular formula is C15H12N4O2. The van der Waals surface area contributed by atoms with E-state index in [0.717, 1.165) is 21.4 Å². The summed E-state index contributed by atoms with van der Waals surface area (Å²) in [5.41, 5.74) is 1.94. The van der Waals surface area contributed by atoms with Gasteiger partial charge in [0.05, 0.1) is 6.07 Å². The van der Waals surface area contributed by atoms with Crippen LogP contribution in [0.4, 0.5) is 4.79 Å². The molecular weight excluding hydrogens is 268 g/mol. The summed E-state index contributed by atoms with van der Waals surface area (Å²) in [6.45, 7) is 0.226. The van der Waals surface area contributed by atoms with Crippen molar-refractivity contribution in [1.82, 2.24) is 14.8 Å². The summed E-state index contributed by atoms with van der Waals surface area (Å²) in [6.07, 6.45) is 3.44. The molecule has 1 fully saturated rings. The molecule has 0 radical (unpaired) electrons. The smallest absolute Gasteiger partial charge is 0.328 e. The molecule has 1 aromatic heterocycles. The van der Waals surface area contributed by atoms with Crippen molar-refractivity contribution < 1.29 is 9.59 Å². The summed E-state index contributed by atoms with van der Waals surface area (Å²) in [4.78, 5) is 24.4. The fourth-order valence-electron chi connectivity index (χ4n) is 2.38. The molecule has 1 aromatic carbocycles. The lowest BCUT2D eigenvalue weighted by atomic mass is 10.1. The highest BCUT2D eigenvalue weighted by atomic mass is 16.2. The molecule has 1 aliphatic heterocycles. The number of fused-ring (bicyclic) bond motifs is 1. The number of imide groups is 1. The van der Waals surface area contributed by atoms with E-state index in [1.807, 2.05) is 28.8 Å². The number of amides is 3. The number of nitrogens with one attached hydrogen (secondary N) is 1. The predicted octanol–water partition coefficient (Wildman–Crippen LogP) is 1.69. The molecule has 0 bridgehead atoms. The van der Waals surface area contributed by atoms with E-state index in [0.29, 0.717) is 0 Å². The van der Waals surface area contributed by atoms with Crippen LogP contribution >= 0.6 is 0 Å². The van der Waals surface area contributed by atoms with E-state index in [1.165, 1.54) is 7.05 Å². The third-order valence-corrected chi connectivity index (χ3v) is 3.44. The van der Waals surface area contributed by atoms with Gasteiger partial charge in [0, 0.05) is 29.7 Å². The Hall–Kier alpha value is -3.07. The Kier molecular flexibility index (Phi) is 2.95. The van der Waals surface area contributed by atoms with Crippen LogP contribution < -0.4 is 5.32 Å². The summed E-state index contributed by atoms with van der Waals surface area (Å²) in [7, 11) is 1.43. The molecule has 2 heterocycles. The number of carbonyl (C=O) groups excluding carboxylic acids is 2. The average molecular weight is 280 g/mol. The first-order valence-corrected chi connectivity index (χ1v) is 6.37. The molecule has 0 spiro atoms. The topological polar surface area (TPSA) is 78.1 Å². The number of hydrogen-bond acceptors (Lipinski definition) is 3. The van der Waals surface area contributed by atoms with Crippen molar-refractivity contribution in [3.8, 4) is 6.07 Å². The van der Waals surface area contributed by atoms with Crippen molar-refractivity contribution >= 4 is 28.9 Å². The fraction of sp³-hybridized carbons (Fsp3) is 0.133. The van der Waals surface area contributed by atoms with Gasteiger partial charge in [0.15, 0.2) is 0 Å². The predicted molar refractivity (Wildman–Crippen MR) is 76.8 cm³/mol. The quantitative estimate of drug-likeness (QED) is 0.671. The standard InChI is InChI=1S/C15H12N4O2/c1-18-14(20)12(17-15(18)21)8-10-9-19(7-6-16)13-5-3-2-4-11(10)13/h2-5,8-9H,7H2,1H3,(H,17,21)/b12-8+. The minimum Gasteiger partial charge on any atom is -0.333 e. The molecule has 6 heteroatoms. The highest BCUT2D eigenvalue weighted by molar-refractivity contribution is 6.14. The lowest BCUT2D eigenvalue weighted by molar-refractivity contribution is -0.121. The second-order valence-corrected chi connectivity index (χ2v) is 4.74. The van der Waals surface area contributed by atoms with Gasteiger partial charge in [0.1, 0.15) is 12.2 Å². The van der Waals surface area contributed by atoms with Gasteiger partial charge in [-0.1, -0.05) is 18.2 Å². The minimum absolute atomic E-state index is 0.226. The molecule has 3 rings (SSSR count). The van der Waals surface area contributed by atoms with E-state index in [1.54, 1.807) is 12.3 Å². The number of carbonyl (C=O) groups is 2. The van der Waals surface area contributed by atoms with Crippen LogP contribution in [0.3, 0.4) is 0 Å². The Morgan fingerprint density at radius 2 is 2.10 bits per heavy atom. The molecule has 1 aliphatic rings. The van der Waals surface area contributed by atoms with E-state index < -0.39 is 6.03 Å². The van der Waals surface area contributed by atoms with E-state index in [-0.39, 0.29) is 18.1 Å². The van der Waals surface area contributed by atoms with Crippen LogP contribution in [0.25, 0.3) is 17.0 Å². The maximum absolute atomic E-state index is 11.9. The van der Waals surface area contributed by atoms with E-state index in [4.69, 9.17) is 5.26 Å². The molecule has 0 aliphatic carbocycles. The van der Waals surface area contributed by atoms with Crippen molar-refractivity contribution in [2.45, 2.75) is 6.54 Å². The third-order valence-electron chi connectivity index (χ3n) is 3.44. The zero-order chi connectivity index (χ0) is 15.0. The van der Waals surface area contributed by atoms with Gasteiger partial charge in [-0.25, -0.2) is 4.79 Å². The number of urea groups is 1. The lowest BCUT2D eigenvalue weighted by Gasteiger charge is -1.99. The van der Waals surface area contributed by atoms with Crippen molar-refractivity contribution in [3.63, 3.8) is 0 Å². The van der Waals surface area contributed by atoms with Crippen LogP contribution in [-0.4, -0.2) is 28.5 Å². The van der Waals surface area contributed by atoms with Gasteiger partial charge in [0.2, 0.25) is 0 Å². The van der Waals surface area contributed by atoms with Crippen LogP contribution in [0, 0.1) is 11.3 Å². The van der Waals surface area contributed by atoms with Gasteiger partial charge in [-0.15, -0.1) is 0 Å². The fourth-order valence-corrected chi connectivity index (χ4v) is 2.38. The number of nitrogens with zero attached hydrogens (tertiary/aromatic N) is 3. The van der Waals surface area contributed by atoms with E-state index >= 15 is 0 Å². The van der Waals surface area contributed by atoms with Crippen LogP contribution in [0.2, 0.25) is 0 Å². The Morgan fingerprint density at radius 3 is 2.76 bits per heavy atom. The summed E-state index contributed by atoms with van der Waals surface area (Å²) in [5.74, 6) is -0.364. The van der Waals surface area contributed by atoms with Crippen LogP contribution in [0.15, 0.2) is 36.2 Å². The van der Waals surface area contributed by atoms with Crippen molar-refractivity contribution in [2.24, 2.45) is 0 Å². The second kappa shape index (κ2) is 4.80. The Labute approximate surface area is 120 Å². The van der Waals surface area contributed by atoms with Gasteiger partial charge in [-0.3, -0.25) is 9.69 Å². The monoisotopic (exact) mass is 280 g/mol. The number of aromatic nitrogens is 1. The van der Waals surface area contributed by atoms with Gasteiger partial charge >= 0.3 is 6.03 Å². The molecule has 1 N–H and O–H groups in total. The van der Waals surface area contributed by atoms with Gasteiger partial charge in [0.25, 0.3) is 5.91 Å². The Morgan fingerprint density at radius 1 is 1.33 bits per heavy atom. The maximum atomic E-state index is 11.9. The minimum atomic E-state index is -0.438. The summed E-state index contributed by atoms with van der Waals surface area (Å²) in [5, 5.41) is 12.3. The molecule has 3 amide bonds. The highest BCUT2D eigenvalue weighted by Gasteiger charge is 2.30. The van der Waals surface area contributed by atoms with E-state index in [2.05, 4.69) is 11.4 Å². The molecule has 0 atom stereocenters. The summed E-state index contributed by atoms with van der Waals surface area (Å²) in [6, 6.07) is 9.28. The first-order chi connectivity index (χ1) is 10.1. The van der Waals surface area contributed by atoms with Crippen LogP contribution in [-0.2, 0) is 11.3 Å². The zero-order valence-corrected chi connectivity index (χ0v) is 11.3. The van der Waals surface area contributed by atoms with Crippen LogP contribution in [0.1, 0.15) is 5.56 Å². The number of benzene rings is 1. The summed E-state index contributed by atoms with van der Waals surface area (Å²) >= 11 is 0. The lowest BCUT2D eigenvalue weighted by Crippen LogP contribution is -2.25. The molecule has 21 heavy (non-hydrogen) atoms. The SMILES string of the molecule is CN1C(=O)N/C(=C/c2cn(CC#N)c3ccccc23)C1=O. The second-order valence-electron chi connectivity index (χ2n) is 4.74. The van der Waals surface area contributed by atoms with E-state index in [9.17, 15) is 9.59 Å². The molecule has 2 aromatic rings. The molecule has 0 saturated carbocycles. The normalized spacial score (nSPS) is 16.6. The Balaban J connectivity index is 2.12. The van der Waals surface area contributed by atoms with Gasteiger partial charge in [-0.2, -0.15) is 5.26 Å². The Bertz CT molecular complexity index is 826. The van der Waals surface area contributed by atoms with Crippen molar-refractivity contribution in [1.29, 1.82) is 5.26 Å². The summed E-state index contributed by atoms with van der Waals surface area (Å²) < 4.78 is 1.81. The molecule has 6 nitrogen and oxygen atoms in total. The molecule has 1 saturated heterocycles. The third kappa shape index (κ3) is 2.05. The van der Waals surface area contributed by atoms with Crippen molar-refractivity contribution in [3.05, 3.63) is 41.7 Å². The largest absolute Gasteiger partial charge is 0.333 e. The maximum Gasteiger partial charge on any atom is 0.328 e. The first-order valence-electron chi connectivity index (χ1n) is 6.37. The number of nitriles is 1. The van der Waals surface area contributed by atoms with Gasteiger partial charge < -0.3 is 9.88 Å². The number of likely N-dealkylation sites (N-methyl/N-ethyl adjacent to an activating group) is 1. The zero-order valence-electron chi connectivity index (χ0n) is 11.3. The first kappa shape index (κ1) is 12.9. The van der Waals surface area contributed by atoms with Crippen LogP contribution in [0.5, 0.6) is 0 Å². The van der Waals surface area contributed by atoms with Gasteiger partial charge in [-0.05, 0) is 12.1 Å². The highest BCUT2D eigenvalue weighted by Crippen LogP contribution is 2.24. The average Bonchev–Trinajstić information content (AvgIpc) is 2.94. The molecule has 104 valence electrons. The molecule has 0 unspecified atom stereocenters. The number of hydrogen-bond donors (Lipinski definition) is 1. The number of para-hydroxylation sites is 1. The van der Waals surface area contributed by atoms with Crippen molar-refractivity contribution in [2.75, 3.05) is 7.05 Å². The number of rotatable bonds is 2.